The van der Waals surface area contributed by atoms with Crippen LogP contribution in [0.2, 0.25) is 0 Å². The summed E-state index contributed by atoms with van der Waals surface area (Å²) in [5.41, 5.74) is -0.0699. The van der Waals surface area contributed by atoms with Crippen molar-refractivity contribution >= 4 is 11.9 Å². The van der Waals surface area contributed by atoms with Crippen LogP contribution in [0.25, 0.3) is 0 Å². The topological polar surface area (TPSA) is 56.4 Å². The third kappa shape index (κ3) is 2.41. The maximum atomic E-state index is 12.7. The lowest BCUT2D eigenvalue weighted by Gasteiger charge is -2.41. The van der Waals surface area contributed by atoms with E-state index in [2.05, 4.69) is 13.5 Å². The molecule has 6 heteroatoms. The summed E-state index contributed by atoms with van der Waals surface area (Å²) in [7, 11) is 0. The lowest BCUT2D eigenvalue weighted by molar-refractivity contribution is -0.128. The smallest absolute Gasteiger partial charge is 0.320 e. The molecule has 0 aromatic carbocycles. The molecule has 3 saturated heterocycles. The fourth-order valence-corrected chi connectivity index (χ4v) is 3.47. The second-order valence-electron chi connectivity index (χ2n) is 6.31. The van der Waals surface area contributed by atoms with Gasteiger partial charge in [-0.3, -0.25) is 4.79 Å². The summed E-state index contributed by atoms with van der Waals surface area (Å²) in [4.78, 5) is 29.8. The fraction of sp³-hybridized carbons (Fsp3) is 0.733. The molecule has 116 valence electrons. The van der Waals surface area contributed by atoms with Crippen molar-refractivity contribution in [2.24, 2.45) is 0 Å². The first-order valence-electron chi connectivity index (χ1n) is 7.61. The number of amides is 3. The minimum atomic E-state index is -0.0699. The Bertz CT molecular complexity index is 481. The first-order valence-corrected chi connectivity index (χ1v) is 7.61. The van der Waals surface area contributed by atoms with Crippen molar-refractivity contribution in [2.45, 2.75) is 38.0 Å². The molecule has 0 aliphatic carbocycles. The molecule has 3 unspecified atom stereocenters. The van der Waals surface area contributed by atoms with Crippen LogP contribution in [-0.2, 0) is 9.53 Å². The number of piperazine rings is 1. The van der Waals surface area contributed by atoms with E-state index in [1.54, 1.807) is 4.90 Å². The molecule has 3 aliphatic rings. The van der Waals surface area contributed by atoms with Crippen molar-refractivity contribution in [1.29, 1.82) is 0 Å². The van der Waals surface area contributed by atoms with Crippen LogP contribution in [-0.4, -0.2) is 77.1 Å². The summed E-state index contributed by atoms with van der Waals surface area (Å²) in [6.45, 7) is 10.8. The van der Waals surface area contributed by atoms with Crippen LogP contribution in [0, 0.1) is 0 Å². The van der Waals surface area contributed by atoms with Crippen molar-refractivity contribution in [3.63, 3.8) is 0 Å². The molecule has 6 nitrogen and oxygen atoms in total. The van der Waals surface area contributed by atoms with Gasteiger partial charge in [0, 0.05) is 32.2 Å². The van der Waals surface area contributed by atoms with Crippen molar-refractivity contribution < 1.29 is 14.3 Å². The Morgan fingerprint density at radius 1 is 1.24 bits per heavy atom. The first-order chi connectivity index (χ1) is 9.97. The Hall–Kier alpha value is -1.56. The largest absolute Gasteiger partial charge is 0.364 e. The van der Waals surface area contributed by atoms with E-state index in [-0.39, 0.29) is 29.7 Å². The van der Waals surface area contributed by atoms with E-state index >= 15 is 0 Å². The van der Waals surface area contributed by atoms with E-state index in [1.807, 2.05) is 16.7 Å². The SMILES string of the molecule is C=CC(=O)N1CCN(C(=O)N2CCC3(C2)OC3C)C(C)C1. The van der Waals surface area contributed by atoms with Crippen LogP contribution >= 0.6 is 0 Å². The Morgan fingerprint density at radius 3 is 2.48 bits per heavy atom. The van der Waals surface area contributed by atoms with Crippen molar-refractivity contribution in [1.82, 2.24) is 14.7 Å². The van der Waals surface area contributed by atoms with Gasteiger partial charge in [0.15, 0.2) is 0 Å². The second-order valence-corrected chi connectivity index (χ2v) is 6.31. The maximum absolute atomic E-state index is 12.7. The van der Waals surface area contributed by atoms with E-state index in [0.29, 0.717) is 26.2 Å². The van der Waals surface area contributed by atoms with Crippen LogP contribution in [0.5, 0.6) is 0 Å². The van der Waals surface area contributed by atoms with Crippen molar-refractivity contribution in [3.8, 4) is 0 Å². The lowest BCUT2D eigenvalue weighted by atomic mass is 10.1. The maximum Gasteiger partial charge on any atom is 0.320 e. The van der Waals surface area contributed by atoms with Gasteiger partial charge in [-0.25, -0.2) is 4.79 Å². The minimum absolute atomic E-state index is 0.0317. The standard InChI is InChI=1S/C15H23N3O3/c1-4-13(19)16-7-8-18(11(2)9-16)14(20)17-6-5-15(10-17)12(3)21-15/h4,11-12H,1,5-10H2,2-3H3. The Balaban J connectivity index is 1.59. The van der Waals surface area contributed by atoms with Crippen LogP contribution < -0.4 is 0 Å². The highest BCUT2D eigenvalue weighted by molar-refractivity contribution is 5.87. The summed E-state index contributed by atoms with van der Waals surface area (Å²) in [6.07, 6.45) is 2.54. The number of carbonyl (C=O) groups excluding carboxylic acids is 2. The molecule has 3 atom stereocenters. The monoisotopic (exact) mass is 293 g/mol. The zero-order valence-corrected chi connectivity index (χ0v) is 12.7. The van der Waals surface area contributed by atoms with Gasteiger partial charge in [0.05, 0.1) is 12.6 Å². The second kappa shape index (κ2) is 5.02. The van der Waals surface area contributed by atoms with E-state index in [1.165, 1.54) is 6.08 Å². The summed E-state index contributed by atoms with van der Waals surface area (Å²) < 4.78 is 5.65. The normalized spacial score (nSPS) is 35.2. The van der Waals surface area contributed by atoms with Crippen molar-refractivity contribution in [2.75, 3.05) is 32.7 Å². The molecule has 3 amide bonds. The molecule has 21 heavy (non-hydrogen) atoms. The molecule has 3 fully saturated rings. The molecule has 3 heterocycles. The molecule has 0 bridgehead atoms. The fourth-order valence-electron chi connectivity index (χ4n) is 3.47. The molecule has 3 rings (SSSR count). The predicted molar refractivity (Wildman–Crippen MR) is 77.8 cm³/mol. The van der Waals surface area contributed by atoms with E-state index in [9.17, 15) is 9.59 Å². The van der Waals surface area contributed by atoms with Gasteiger partial charge in [0.25, 0.3) is 0 Å². The molecule has 0 saturated carbocycles. The number of hydrogen-bond donors (Lipinski definition) is 0. The van der Waals surface area contributed by atoms with Gasteiger partial charge in [-0.15, -0.1) is 0 Å². The quantitative estimate of drug-likeness (QED) is 0.528. The predicted octanol–water partition coefficient (Wildman–Crippen LogP) is 0.688. The Morgan fingerprint density at radius 2 is 1.95 bits per heavy atom. The zero-order chi connectivity index (χ0) is 15.2. The highest BCUT2D eigenvalue weighted by Crippen LogP contribution is 2.44. The number of nitrogens with zero attached hydrogens (tertiary/aromatic N) is 3. The highest BCUT2D eigenvalue weighted by Gasteiger charge is 2.58. The zero-order valence-electron chi connectivity index (χ0n) is 12.7. The number of carbonyl (C=O) groups is 2. The lowest BCUT2D eigenvalue weighted by Crippen LogP contribution is -2.58. The van der Waals surface area contributed by atoms with Gasteiger partial charge >= 0.3 is 6.03 Å². The minimum Gasteiger partial charge on any atom is -0.364 e. The average molecular weight is 293 g/mol. The van der Waals surface area contributed by atoms with Crippen LogP contribution in [0.15, 0.2) is 12.7 Å². The van der Waals surface area contributed by atoms with Crippen LogP contribution in [0.3, 0.4) is 0 Å². The first kappa shape index (κ1) is 14.4. The summed E-state index contributed by atoms with van der Waals surface area (Å²) >= 11 is 0. The molecule has 1 spiro atoms. The number of rotatable bonds is 1. The molecule has 3 aliphatic heterocycles. The van der Waals surface area contributed by atoms with Gasteiger partial charge in [0.2, 0.25) is 5.91 Å². The number of epoxide rings is 1. The highest BCUT2D eigenvalue weighted by atomic mass is 16.6. The van der Waals surface area contributed by atoms with E-state index in [0.717, 1.165) is 13.0 Å². The summed E-state index contributed by atoms with van der Waals surface area (Å²) in [6, 6.07) is 0.108. The summed E-state index contributed by atoms with van der Waals surface area (Å²) in [5.74, 6) is -0.0609. The molecular formula is C15H23N3O3. The number of urea groups is 1. The number of likely N-dealkylation sites (tertiary alicyclic amines) is 1. The number of hydrogen-bond acceptors (Lipinski definition) is 3. The molecule has 0 N–H and O–H groups in total. The molecule has 0 aromatic rings. The third-order valence-corrected chi connectivity index (χ3v) is 4.99. The third-order valence-electron chi connectivity index (χ3n) is 4.99. The Kier molecular flexibility index (Phi) is 3.43. The van der Waals surface area contributed by atoms with Crippen molar-refractivity contribution in [3.05, 3.63) is 12.7 Å². The van der Waals surface area contributed by atoms with Gasteiger partial charge in [-0.2, -0.15) is 0 Å². The van der Waals surface area contributed by atoms with Gasteiger partial charge in [0.1, 0.15) is 5.60 Å². The van der Waals surface area contributed by atoms with Gasteiger partial charge in [-0.1, -0.05) is 6.58 Å². The number of ether oxygens (including phenoxy) is 1. The van der Waals surface area contributed by atoms with Crippen LogP contribution in [0.4, 0.5) is 4.79 Å². The Labute approximate surface area is 125 Å². The average Bonchev–Trinajstić information content (AvgIpc) is 2.90. The van der Waals surface area contributed by atoms with Crippen LogP contribution in [0.1, 0.15) is 20.3 Å². The van der Waals surface area contributed by atoms with E-state index < -0.39 is 0 Å². The van der Waals surface area contributed by atoms with Gasteiger partial charge < -0.3 is 19.4 Å². The van der Waals surface area contributed by atoms with Gasteiger partial charge in [-0.05, 0) is 26.3 Å². The summed E-state index contributed by atoms with van der Waals surface area (Å²) in [5, 5.41) is 0. The molecule has 0 aromatic heterocycles. The molecular weight excluding hydrogens is 270 g/mol. The van der Waals surface area contributed by atoms with E-state index in [4.69, 9.17) is 4.74 Å². The molecule has 0 radical (unpaired) electrons.